The van der Waals surface area contributed by atoms with Gasteiger partial charge >= 0.3 is 12.0 Å². The summed E-state index contributed by atoms with van der Waals surface area (Å²) in [6, 6.07) is -0.474. The molecule has 0 aromatic carbocycles. The van der Waals surface area contributed by atoms with Gasteiger partial charge in [-0.25, -0.2) is 9.59 Å². The van der Waals surface area contributed by atoms with Crippen LogP contribution in [0.4, 0.5) is 4.79 Å². The molecule has 2 N–H and O–H groups in total. The fourth-order valence-electron chi connectivity index (χ4n) is 3.12. The normalized spacial score (nSPS) is 27.7. The predicted octanol–water partition coefficient (Wildman–Crippen LogP) is 0.729. The number of urea groups is 1. The molecular formula is C13H23N3O3. The van der Waals surface area contributed by atoms with Gasteiger partial charge in [0.05, 0.1) is 0 Å². The molecule has 0 radical (unpaired) electrons. The van der Waals surface area contributed by atoms with Crippen molar-refractivity contribution in [3.8, 4) is 0 Å². The van der Waals surface area contributed by atoms with Crippen LogP contribution < -0.4 is 5.32 Å². The fourth-order valence-corrected chi connectivity index (χ4v) is 3.12. The fraction of sp³-hybridized carbons (Fsp3) is 0.846. The van der Waals surface area contributed by atoms with Gasteiger partial charge in [-0.05, 0) is 38.8 Å². The Morgan fingerprint density at radius 3 is 2.68 bits per heavy atom. The SMILES string of the molecule is CCN1CCCC1CNC(=O)N1CCC[C@@H]1C(=O)O. The molecule has 108 valence electrons. The van der Waals surface area contributed by atoms with Gasteiger partial charge in [-0.2, -0.15) is 0 Å². The summed E-state index contributed by atoms with van der Waals surface area (Å²) in [4.78, 5) is 26.9. The molecule has 0 aromatic rings. The molecule has 2 atom stereocenters. The summed E-state index contributed by atoms with van der Waals surface area (Å²) < 4.78 is 0. The van der Waals surface area contributed by atoms with Crippen LogP contribution in [0, 0.1) is 0 Å². The number of carboxylic acids is 1. The van der Waals surface area contributed by atoms with E-state index in [1.807, 2.05) is 0 Å². The highest BCUT2D eigenvalue weighted by molar-refractivity contribution is 5.83. The second kappa shape index (κ2) is 6.23. The maximum absolute atomic E-state index is 12.0. The van der Waals surface area contributed by atoms with Crippen LogP contribution in [0.1, 0.15) is 32.6 Å². The lowest BCUT2D eigenvalue weighted by Gasteiger charge is -2.26. The Labute approximate surface area is 113 Å². The maximum Gasteiger partial charge on any atom is 0.326 e. The Kier molecular flexibility index (Phi) is 4.63. The quantitative estimate of drug-likeness (QED) is 0.789. The number of aliphatic carboxylic acids is 1. The van der Waals surface area contributed by atoms with E-state index in [2.05, 4.69) is 17.1 Å². The van der Waals surface area contributed by atoms with Crippen LogP contribution in [0.2, 0.25) is 0 Å². The van der Waals surface area contributed by atoms with Crippen LogP contribution in [-0.4, -0.2) is 65.2 Å². The third-order valence-corrected chi connectivity index (χ3v) is 4.19. The number of carbonyl (C=O) groups excluding carboxylic acids is 1. The minimum atomic E-state index is -0.899. The van der Waals surface area contributed by atoms with Crippen LogP contribution in [0.25, 0.3) is 0 Å². The van der Waals surface area contributed by atoms with Crippen LogP contribution in [0.15, 0.2) is 0 Å². The Morgan fingerprint density at radius 1 is 1.26 bits per heavy atom. The molecule has 2 rings (SSSR count). The lowest BCUT2D eigenvalue weighted by atomic mass is 10.2. The number of nitrogens with zero attached hydrogens (tertiary/aromatic N) is 2. The first-order valence-electron chi connectivity index (χ1n) is 7.14. The monoisotopic (exact) mass is 269 g/mol. The van der Waals surface area contributed by atoms with E-state index in [-0.39, 0.29) is 6.03 Å². The number of amides is 2. The van der Waals surface area contributed by atoms with E-state index >= 15 is 0 Å². The van der Waals surface area contributed by atoms with Crippen molar-refractivity contribution in [3.05, 3.63) is 0 Å². The summed E-state index contributed by atoms with van der Waals surface area (Å²) >= 11 is 0. The topological polar surface area (TPSA) is 72.9 Å². The number of nitrogens with one attached hydrogen (secondary N) is 1. The molecule has 2 aliphatic heterocycles. The third-order valence-electron chi connectivity index (χ3n) is 4.19. The molecule has 0 aromatic heterocycles. The second-order valence-electron chi connectivity index (χ2n) is 5.30. The van der Waals surface area contributed by atoms with Crippen LogP contribution in [0.5, 0.6) is 0 Å². The lowest BCUT2D eigenvalue weighted by molar-refractivity contribution is -0.141. The average molecular weight is 269 g/mol. The smallest absolute Gasteiger partial charge is 0.326 e. The van der Waals surface area contributed by atoms with Gasteiger partial charge in [0.2, 0.25) is 0 Å². The van der Waals surface area contributed by atoms with Crippen molar-refractivity contribution in [2.75, 3.05) is 26.2 Å². The van der Waals surface area contributed by atoms with E-state index in [0.29, 0.717) is 25.6 Å². The maximum atomic E-state index is 12.0. The van der Waals surface area contributed by atoms with Crippen LogP contribution >= 0.6 is 0 Å². The van der Waals surface area contributed by atoms with Crippen molar-refractivity contribution < 1.29 is 14.7 Å². The molecule has 2 heterocycles. The van der Waals surface area contributed by atoms with E-state index in [1.54, 1.807) is 0 Å². The first-order chi connectivity index (χ1) is 9.13. The molecule has 6 heteroatoms. The van der Waals surface area contributed by atoms with E-state index in [9.17, 15) is 9.59 Å². The zero-order valence-electron chi connectivity index (χ0n) is 11.5. The number of carboxylic acid groups (broad SMARTS) is 1. The Hall–Kier alpha value is -1.30. The highest BCUT2D eigenvalue weighted by atomic mass is 16.4. The Morgan fingerprint density at radius 2 is 2.00 bits per heavy atom. The van der Waals surface area contributed by atoms with E-state index in [0.717, 1.165) is 25.9 Å². The van der Waals surface area contributed by atoms with E-state index < -0.39 is 12.0 Å². The molecule has 6 nitrogen and oxygen atoms in total. The van der Waals surface area contributed by atoms with Crippen molar-refractivity contribution in [2.24, 2.45) is 0 Å². The number of hydrogen-bond donors (Lipinski definition) is 2. The number of likely N-dealkylation sites (tertiary alicyclic amines) is 2. The molecule has 19 heavy (non-hydrogen) atoms. The molecule has 0 saturated carbocycles. The molecule has 0 spiro atoms. The lowest BCUT2D eigenvalue weighted by Crippen LogP contribution is -2.49. The molecule has 0 bridgehead atoms. The minimum absolute atomic E-state index is 0.229. The predicted molar refractivity (Wildman–Crippen MR) is 71.0 cm³/mol. The highest BCUT2D eigenvalue weighted by Crippen LogP contribution is 2.18. The number of likely N-dealkylation sites (N-methyl/N-ethyl adjacent to an activating group) is 1. The van der Waals surface area contributed by atoms with Crippen molar-refractivity contribution in [3.63, 3.8) is 0 Å². The standard InChI is InChI=1S/C13H23N3O3/c1-2-15-7-3-5-10(15)9-14-13(19)16-8-4-6-11(16)12(17)18/h10-11H,2-9H2,1H3,(H,14,19)(H,17,18)/t10?,11-/m1/s1. The summed E-state index contributed by atoms with van der Waals surface area (Å²) in [7, 11) is 0. The first-order valence-corrected chi connectivity index (χ1v) is 7.14. The van der Waals surface area contributed by atoms with Crippen LogP contribution in [-0.2, 0) is 4.79 Å². The van der Waals surface area contributed by atoms with E-state index in [1.165, 1.54) is 11.3 Å². The summed E-state index contributed by atoms with van der Waals surface area (Å²) in [6.07, 6.45) is 3.62. The molecule has 2 aliphatic rings. The van der Waals surface area contributed by atoms with E-state index in [4.69, 9.17) is 5.11 Å². The molecule has 2 saturated heterocycles. The van der Waals surface area contributed by atoms with Crippen LogP contribution in [0.3, 0.4) is 0 Å². The molecule has 2 amide bonds. The second-order valence-corrected chi connectivity index (χ2v) is 5.30. The largest absolute Gasteiger partial charge is 0.480 e. The van der Waals surface area contributed by atoms with Gasteiger partial charge in [-0.3, -0.25) is 4.90 Å². The highest BCUT2D eigenvalue weighted by Gasteiger charge is 2.34. The van der Waals surface area contributed by atoms with Gasteiger partial charge in [-0.1, -0.05) is 6.92 Å². The van der Waals surface area contributed by atoms with Gasteiger partial charge in [0.25, 0.3) is 0 Å². The minimum Gasteiger partial charge on any atom is -0.480 e. The number of rotatable bonds is 4. The van der Waals surface area contributed by atoms with Crippen molar-refractivity contribution in [2.45, 2.75) is 44.7 Å². The van der Waals surface area contributed by atoms with Crippen molar-refractivity contribution >= 4 is 12.0 Å². The number of hydrogen-bond acceptors (Lipinski definition) is 3. The third kappa shape index (κ3) is 3.18. The van der Waals surface area contributed by atoms with Crippen molar-refractivity contribution in [1.82, 2.24) is 15.1 Å². The first kappa shape index (κ1) is 14.1. The zero-order valence-corrected chi connectivity index (χ0v) is 11.5. The number of carbonyl (C=O) groups is 2. The molecule has 2 fully saturated rings. The molecule has 1 unspecified atom stereocenters. The Balaban J connectivity index is 1.82. The van der Waals surface area contributed by atoms with Crippen molar-refractivity contribution in [1.29, 1.82) is 0 Å². The Bertz CT molecular complexity index is 348. The van der Waals surface area contributed by atoms with Gasteiger partial charge in [-0.15, -0.1) is 0 Å². The van der Waals surface area contributed by atoms with Gasteiger partial charge < -0.3 is 15.3 Å². The average Bonchev–Trinajstić information content (AvgIpc) is 3.04. The van der Waals surface area contributed by atoms with Gasteiger partial charge in [0.15, 0.2) is 0 Å². The molecular weight excluding hydrogens is 246 g/mol. The van der Waals surface area contributed by atoms with Gasteiger partial charge in [0.1, 0.15) is 6.04 Å². The molecule has 0 aliphatic carbocycles. The van der Waals surface area contributed by atoms with Gasteiger partial charge in [0, 0.05) is 19.1 Å². The zero-order chi connectivity index (χ0) is 13.8. The summed E-state index contributed by atoms with van der Waals surface area (Å²) in [6.45, 7) is 5.39. The summed E-state index contributed by atoms with van der Waals surface area (Å²) in [5, 5.41) is 12.0. The summed E-state index contributed by atoms with van der Waals surface area (Å²) in [5.74, 6) is -0.899. The summed E-state index contributed by atoms with van der Waals surface area (Å²) in [5.41, 5.74) is 0.